The molecule has 3 aromatic rings. The van der Waals surface area contributed by atoms with E-state index in [1.165, 1.54) is 11.3 Å². The number of aromatic nitrogens is 3. The van der Waals surface area contributed by atoms with Crippen LogP contribution in [0.5, 0.6) is 5.75 Å². The van der Waals surface area contributed by atoms with Crippen molar-refractivity contribution in [2.45, 2.75) is 40.8 Å². The molecule has 0 radical (unpaired) electrons. The molecule has 0 aliphatic rings. The van der Waals surface area contributed by atoms with Crippen molar-refractivity contribution in [1.29, 1.82) is 0 Å². The second kappa shape index (κ2) is 9.16. The number of amides is 1. The predicted octanol–water partition coefficient (Wildman–Crippen LogP) is 3.40. The van der Waals surface area contributed by atoms with E-state index >= 15 is 0 Å². The van der Waals surface area contributed by atoms with Crippen molar-refractivity contribution in [2.24, 2.45) is 4.99 Å². The van der Waals surface area contributed by atoms with E-state index in [-0.39, 0.29) is 5.91 Å². The molecule has 0 aliphatic heterocycles. The zero-order chi connectivity index (χ0) is 20.1. The maximum atomic E-state index is 12.7. The van der Waals surface area contributed by atoms with Crippen LogP contribution in [0.3, 0.4) is 0 Å². The molecule has 0 spiro atoms. The molecule has 0 N–H and O–H groups in total. The Morgan fingerprint density at radius 2 is 2.04 bits per heavy atom. The van der Waals surface area contributed by atoms with Crippen LogP contribution in [0, 0.1) is 6.92 Å². The van der Waals surface area contributed by atoms with Gasteiger partial charge in [0, 0.05) is 25.4 Å². The fourth-order valence-electron chi connectivity index (χ4n) is 2.99. The largest absolute Gasteiger partial charge is 0.494 e. The molecule has 2 heterocycles. The molecule has 0 atom stereocenters. The normalized spacial score (nSPS) is 12.1. The molecule has 0 unspecified atom stereocenters. The Bertz CT molecular complexity index is 1030. The number of carbonyl (C=O) groups excluding carboxylic acids is 1. The third kappa shape index (κ3) is 4.34. The molecular weight excluding hydrogens is 376 g/mol. The van der Waals surface area contributed by atoms with Crippen LogP contribution in [-0.4, -0.2) is 40.1 Å². The molecule has 0 bridgehead atoms. The number of nitrogens with zero attached hydrogens (tertiary/aromatic N) is 4. The van der Waals surface area contributed by atoms with E-state index in [1.807, 2.05) is 50.5 Å². The lowest BCUT2D eigenvalue weighted by atomic mass is 10.3. The smallest absolute Gasteiger partial charge is 0.300 e. The summed E-state index contributed by atoms with van der Waals surface area (Å²) in [7, 11) is 0. The molecule has 1 aromatic carbocycles. The maximum Gasteiger partial charge on any atom is 0.300 e. The van der Waals surface area contributed by atoms with Gasteiger partial charge in [0.2, 0.25) is 0 Å². The molecule has 1 amide bonds. The van der Waals surface area contributed by atoms with E-state index < -0.39 is 0 Å². The van der Waals surface area contributed by atoms with Crippen LogP contribution in [0.2, 0.25) is 0 Å². The average Bonchev–Trinajstić information content (AvgIpc) is 3.22. The lowest BCUT2D eigenvalue weighted by Gasteiger charge is -2.06. The predicted molar refractivity (Wildman–Crippen MR) is 110 cm³/mol. The summed E-state index contributed by atoms with van der Waals surface area (Å²) in [5.41, 5.74) is 2.32. The highest BCUT2D eigenvalue weighted by Gasteiger charge is 2.13. The SMILES string of the molecule is CCOCCn1c(=NC(=O)c2cc(C)n(CC)n2)sc2cc(OCC)ccc21. The number of benzene rings is 1. The summed E-state index contributed by atoms with van der Waals surface area (Å²) in [6.07, 6.45) is 0. The number of rotatable bonds is 8. The molecule has 2 aromatic heterocycles. The molecule has 150 valence electrons. The fourth-order valence-corrected chi connectivity index (χ4v) is 4.07. The van der Waals surface area contributed by atoms with Crippen LogP contribution in [-0.2, 0) is 17.8 Å². The number of carbonyl (C=O) groups is 1. The van der Waals surface area contributed by atoms with Crippen LogP contribution in [0.1, 0.15) is 37.0 Å². The van der Waals surface area contributed by atoms with E-state index in [0.29, 0.717) is 36.9 Å². The lowest BCUT2D eigenvalue weighted by Crippen LogP contribution is -2.20. The van der Waals surface area contributed by atoms with Gasteiger partial charge < -0.3 is 14.0 Å². The van der Waals surface area contributed by atoms with E-state index in [0.717, 1.165) is 28.2 Å². The summed E-state index contributed by atoms with van der Waals surface area (Å²) in [5.74, 6) is 0.473. The first kappa shape index (κ1) is 20.3. The number of hydrogen-bond donors (Lipinski definition) is 0. The van der Waals surface area contributed by atoms with Gasteiger partial charge in [-0.2, -0.15) is 10.1 Å². The fraction of sp³-hybridized carbons (Fsp3) is 0.450. The van der Waals surface area contributed by atoms with Gasteiger partial charge in [-0.15, -0.1) is 0 Å². The molecular formula is C20H26N4O3S. The summed E-state index contributed by atoms with van der Waals surface area (Å²) in [6, 6.07) is 7.70. The molecule has 0 saturated carbocycles. The van der Waals surface area contributed by atoms with Gasteiger partial charge in [-0.25, -0.2) is 0 Å². The zero-order valence-corrected chi connectivity index (χ0v) is 17.6. The minimum absolute atomic E-state index is 0.336. The molecule has 3 rings (SSSR count). The van der Waals surface area contributed by atoms with Crippen molar-refractivity contribution in [3.05, 3.63) is 40.5 Å². The van der Waals surface area contributed by atoms with Gasteiger partial charge in [0.1, 0.15) is 5.75 Å². The Morgan fingerprint density at radius 3 is 2.71 bits per heavy atom. The monoisotopic (exact) mass is 402 g/mol. The summed E-state index contributed by atoms with van der Waals surface area (Å²) in [6.45, 7) is 11.0. The Labute approximate surface area is 168 Å². The van der Waals surface area contributed by atoms with Gasteiger partial charge in [-0.1, -0.05) is 11.3 Å². The highest BCUT2D eigenvalue weighted by Crippen LogP contribution is 2.23. The maximum absolute atomic E-state index is 12.7. The zero-order valence-electron chi connectivity index (χ0n) is 16.8. The van der Waals surface area contributed by atoms with Gasteiger partial charge in [0.05, 0.1) is 23.4 Å². The number of aryl methyl sites for hydroxylation is 2. The van der Waals surface area contributed by atoms with Crippen molar-refractivity contribution >= 4 is 27.5 Å². The van der Waals surface area contributed by atoms with Crippen LogP contribution >= 0.6 is 11.3 Å². The Morgan fingerprint density at radius 1 is 1.21 bits per heavy atom. The third-order valence-electron chi connectivity index (χ3n) is 4.33. The number of fused-ring (bicyclic) bond motifs is 1. The second-order valence-corrected chi connectivity index (χ2v) is 7.21. The van der Waals surface area contributed by atoms with Crippen molar-refractivity contribution < 1.29 is 14.3 Å². The highest BCUT2D eigenvalue weighted by molar-refractivity contribution is 7.16. The van der Waals surface area contributed by atoms with E-state index in [1.54, 1.807) is 10.7 Å². The summed E-state index contributed by atoms with van der Waals surface area (Å²) >= 11 is 1.47. The van der Waals surface area contributed by atoms with Crippen LogP contribution in [0.15, 0.2) is 29.3 Å². The molecule has 28 heavy (non-hydrogen) atoms. The first-order chi connectivity index (χ1) is 13.6. The summed E-state index contributed by atoms with van der Waals surface area (Å²) < 4.78 is 16.0. The molecule has 7 nitrogen and oxygen atoms in total. The number of hydrogen-bond acceptors (Lipinski definition) is 5. The second-order valence-electron chi connectivity index (χ2n) is 6.20. The first-order valence-corrected chi connectivity index (χ1v) is 10.4. The number of ether oxygens (including phenoxy) is 2. The standard InChI is InChI=1S/C20H26N4O3S/c1-5-24-14(4)12-16(22-24)19(25)21-20-23(10-11-26-6-2)17-9-8-15(27-7-3)13-18(17)28-20/h8-9,12-13H,5-7,10-11H2,1-4H3. The van der Waals surface area contributed by atoms with Crippen molar-refractivity contribution in [3.8, 4) is 5.75 Å². The van der Waals surface area contributed by atoms with Gasteiger partial charge in [0.25, 0.3) is 5.91 Å². The van der Waals surface area contributed by atoms with Gasteiger partial charge >= 0.3 is 0 Å². The van der Waals surface area contributed by atoms with Gasteiger partial charge in [-0.05, 0) is 52.0 Å². The molecule has 0 aliphatic carbocycles. The van der Waals surface area contributed by atoms with E-state index in [4.69, 9.17) is 9.47 Å². The van der Waals surface area contributed by atoms with Crippen molar-refractivity contribution in [2.75, 3.05) is 19.8 Å². The minimum atomic E-state index is -0.336. The van der Waals surface area contributed by atoms with Crippen molar-refractivity contribution in [3.63, 3.8) is 0 Å². The first-order valence-electron chi connectivity index (χ1n) is 9.54. The average molecular weight is 403 g/mol. The quantitative estimate of drug-likeness (QED) is 0.542. The minimum Gasteiger partial charge on any atom is -0.494 e. The third-order valence-corrected chi connectivity index (χ3v) is 5.37. The molecule has 0 fully saturated rings. The Kier molecular flexibility index (Phi) is 6.64. The summed E-state index contributed by atoms with van der Waals surface area (Å²) in [4.78, 5) is 17.7. The van der Waals surface area contributed by atoms with Crippen LogP contribution in [0.25, 0.3) is 10.2 Å². The lowest BCUT2D eigenvalue weighted by molar-refractivity contribution is 0.0991. The van der Waals surface area contributed by atoms with E-state index in [9.17, 15) is 4.79 Å². The molecule has 0 saturated heterocycles. The summed E-state index contributed by atoms with van der Waals surface area (Å²) in [5, 5.41) is 4.35. The topological polar surface area (TPSA) is 70.6 Å². The number of thiazole rings is 1. The Balaban J connectivity index is 2.04. The molecule has 8 heteroatoms. The van der Waals surface area contributed by atoms with Gasteiger partial charge in [0.15, 0.2) is 10.5 Å². The Hall–Kier alpha value is -2.45. The van der Waals surface area contributed by atoms with Crippen molar-refractivity contribution in [1.82, 2.24) is 14.3 Å². The van der Waals surface area contributed by atoms with Crippen LogP contribution < -0.4 is 9.54 Å². The van der Waals surface area contributed by atoms with E-state index in [2.05, 4.69) is 10.1 Å². The highest BCUT2D eigenvalue weighted by atomic mass is 32.1. The van der Waals surface area contributed by atoms with Crippen LogP contribution in [0.4, 0.5) is 0 Å². The van der Waals surface area contributed by atoms with Gasteiger partial charge in [-0.3, -0.25) is 9.48 Å².